The molecule has 34 heavy (non-hydrogen) atoms. The summed E-state index contributed by atoms with van der Waals surface area (Å²) in [6, 6.07) is 15.2. The van der Waals surface area contributed by atoms with E-state index < -0.39 is 5.66 Å². The van der Waals surface area contributed by atoms with Crippen LogP contribution in [0.1, 0.15) is 48.8 Å². The van der Waals surface area contributed by atoms with Crippen molar-refractivity contribution in [3.8, 4) is 0 Å². The van der Waals surface area contributed by atoms with Crippen molar-refractivity contribution < 1.29 is 14.4 Å². The molecule has 176 valence electrons. The van der Waals surface area contributed by atoms with Gasteiger partial charge in [0.2, 0.25) is 11.8 Å². The van der Waals surface area contributed by atoms with Crippen molar-refractivity contribution in [2.75, 3.05) is 18.0 Å². The highest BCUT2D eigenvalue weighted by Gasteiger charge is 2.52. The number of benzene rings is 2. The average molecular weight is 460 g/mol. The summed E-state index contributed by atoms with van der Waals surface area (Å²) in [5.41, 5.74) is 2.56. The third kappa shape index (κ3) is 3.63. The first-order valence-electron chi connectivity index (χ1n) is 11.8. The molecular formula is C26H29N5O3. The first-order chi connectivity index (χ1) is 16.4. The lowest BCUT2D eigenvalue weighted by molar-refractivity contribution is -0.121. The number of hydrogen-bond acceptors (Lipinski definition) is 4. The van der Waals surface area contributed by atoms with Gasteiger partial charge in [0.1, 0.15) is 11.5 Å². The molecule has 1 aromatic heterocycles. The van der Waals surface area contributed by atoms with Crippen LogP contribution in [0, 0.1) is 6.92 Å². The van der Waals surface area contributed by atoms with Gasteiger partial charge in [0.15, 0.2) is 0 Å². The summed E-state index contributed by atoms with van der Waals surface area (Å²) in [6.07, 6.45) is 1.86. The molecule has 0 saturated carbocycles. The Hall–Kier alpha value is -3.68. The van der Waals surface area contributed by atoms with Gasteiger partial charge in [0.05, 0.1) is 22.3 Å². The van der Waals surface area contributed by atoms with Gasteiger partial charge in [-0.3, -0.25) is 19.3 Å². The third-order valence-corrected chi connectivity index (χ3v) is 7.03. The van der Waals surface area contributed by atoms with Gasteiger partial charge in [0.25, 0.3) is 5.91 Å². The molecule has 0 radical (unpaired) electrons. The van der Waals surface area contributed by atoms with Crippen molar-refractivity contribution in [1.29, 1.82) is 0 Å². The predicted octanol–water partition coefficient (Wildman–Crippen LogP) is 3.24. The summed E-state index contributed by atoms with van der Waals surface area (Å²) in [4.78, 5) is 46.5. The number of imidazole rings is 1. The van der Waals surface area contributed by atoms with Crippen LogP contribution >= 0.6 is 0 Å². The van der Waals surface area contributed by atoms with Gasteiger partial charge >= 0.3 is 0 Å². The van der Waals surface area contributed by atoms with Crippen molar-refractivity contribution in [2.24, 2.45) is 0 Å². The predicted molar refractivity (Wildman–Crippen MR) is 129 cm³/mol. The van der Waals surface area contributed by atoms with E-state index in [1.807, 2.05) is 56.3 Å². The molecule has 2 aromatic carbocycles. The maximum absolute atomic E-state index is 13.3. The Labute approximate surface area is 198 Å². The SMILES string of the molecule is Cc1nc2ccccc2n1CCNC(=O)CCCN1C(=O)c2ccccc2N2C(=O)CCC12C. The van der Waals surface area contributed by atoms with Crippen LogP contribution < -0.4 is 10.2 Å². The van der Waals surface area contributed by atoms with Crippen molar-refractivity contribution in [2.45, 2.75) is 51.7 Å². The maximum Gasteiger partial charge on any atom is 0.257 e. The van der Waals surface area contributed by atoms with Crippen LogP contribution in [0.2, 0.25) is 0 Å². The van der Waals surface area contributed by atoms with Crippen molar-refractivity contribution in [3.63, 3.8) is 0 Å². The molecule has 1 fully saturated rings. The minimum Gasteiger partial charge on any atom is -0.354 e. The lowest BCUT2D eigenvalue weighted by Gasteiger charge is -2.48. The molecule has 2 aliphatic heterocycles. The van der Waals surface area contributed by atoms with E-state index in [0.717, 1.165) is 16.9 Å². The highest BCUT2D eigenvalue weighted by atomic mass is 16.2. The smallest absolute Gasteiger partial charge is 0.257 e. The van der Waals surface area contributed by atoms with Crippen LogP contribution in [0.4, 0.5) is 5.69 Å². The number of carbonyl (C=O) groups is 3. The van der Waals surface area contributed by atoms with Gasteiger partial charge in [0, 0.05) is 32.5 Å². The van der Waals surface area contributed by atoms with Crippen LogP contribution in [-0.2, 0) is 16.1 Å². The summed E-state index contributed by atoms with van der Waals surface area (Å²) in [7, 11) is 0. The fourth-order valence-electron chi connectivity index (χ4n) is 5.31. The largest absolute Gasteiger partial charge is 0.354 e. The molecule has 1 saturated heterocycles. The Morgan fingerprint density at radius 2 is 1.85 bits per heavy atom. The number of para-hydroxylation sites is 3. The number of carbonyl (C=O) groups excluding carboxylic acids is 3. The van der Waals surface area contributed by atoms with Crippen molar-refractivity contribution >= 4 is 34.4 Å². The zero-order valence-corrected chi connectivity index (χ0v) is 19.6. The molecule has 3 amide bonds. The Morgan fingerprint density at radius 1 is 1.09 bits per heavy atom. The van der Waals surface area contributed by atoms with E-state index in [9.17, 15) is 14.4 Å². The van der Waals surface area contributed by atoms with Crippen LogP contribution in [0.15, 0.2) is 48.5 Å². The van der Waals surface area contributed by atoms with E-state index >= 15 is 0 Å². The lowest BCUT2D eigenvalue weighted by atomic mass is 9.98. The highest BCUT2D eigenvalue weighted by molar-refractivity contribution is 6.10. The van der Waals surface area contributed by atoms with Crippen molar-refractivity contribution in [3.05, 3.63) is 59.9 Å². The Bertz CT molecular complexity index is 1280. The monoisotopic (exact) mass is 459 g/mol. The number of nitrogens with one attached hydrogen (secondary N) is 1. The lowest BCUT2D eigenvalue weighted by Crippen LogP contribution is -2.62. The van der Waals surface area contributed by atoms with Gasteiger partial charge in [-0.15, -0.1) is 0 Å². The molecule has 1 N–H and O–H groups in total. The fraction of sp³-hybridized carbons (Fsp3) is 0.385. The summed E-state index contributed by atoms with van der Waals surface area (Å²) in [6.45, 7) is 5.49. The van der Waals surface area contributed by atoms with E-state index in [-0.39, 0.29) is 17.7 Å². The van der Waals surface area contributed by atoms with Crippen LogP contribution in [0.25, 0.3) is 11.0 Å². The number of aryl methyl sites for hydroxylation is 1. The fourth-order valence-corrected chi connectivity index (χ4v) is 5.31. The van der Waals surface area contributed by atoms with Crippen LogP contribution in [0.3, 0.4) is 0 Å². The molecule has 5 rings (SSSR count). The van der Waals surface area contributed by atoms with E-state index in [2.05, 4.69) is 14.9 Å². The number of rotatable bonds is 7. The molecule has 3 aromatic rings. The molecular weight excluding hydrogens is 430 g/mol. The van der Waals surface area contributed by atoms with E-state index in [4.69, 9.17) is 0 Å². The summed E-state index contributed by atoms with van der Waals surface area (Å²) in [5.74, 6) is 0.833. The second-order valence-corrected chi connectivity index (χ2v) is 9.17. The quantitative estimate of drug-likeness (QED) is 0.588. The summed E-state index contributed by atoms with van der Waals surface area (Å²) >= 11 is 0. The van der Waals surface area contributed by atoms with E-state index in [1.54, 1.807) is 15.9 Å². The first kappa shape index (κ1) is 22.1. The van der Waals surface area contributed by atoms with Gasteiger partial charge in [-0.2, -0.15) is 0 Å². The van der Waals surface area contributed by atoms with E-state index in [1.165, 1.54) is 0 Å². The minimum absolute atomic E-state index is 0.0347. The second-order valence-electron chi connectivity index (χ2n) is 9.17. The number of aromatic nitrogens is 2. The van der Waals surface area contributed by atoms with Crippen molar-refractivity contribution in [1.82, 2.24) is 19.8 Å². The molecule has 0 bridgehead atoms. The molecule has 8 nitrogen and oxygen atoms in total. The molecule has 3 heterocycles. The number of fused-ring (bicyclic) bond motifs is 4. The molecule has 8 heteroatoms. The minimum atomic E-state index is -0.682. The van der Waals surface area contributed by atoms with Crippen LogP contribution in [0.5, 0.6) is 0 Å². The highest BCUT2D eigenvalue weighted by Crippen LogP contribution is 2.44. The Balaban J connectivity index is 1.18. The summed E-state index contributed by atoms with van der Waals surface area (Å²) in [5, 5.41) is 2.98. The van der Waals surface area contributed by atoms with Gasteiger partial charge in [-0.05, 0) is 51.0 Å². The van der Waals surface area contributed by atoms with Gasteiger partial charge < -0.3 is 14.8 Å². The molecule has 1 atom stereocenters. The van der Waals surface area contributed by atoms with E-state index in [0.29, 0.717) is 56.6 Å². The molecule has 0 spiro atoms. The first-order valence-corrected chi connectivity index (χ1v) is 11.8. The number of nitrogens with zero attached hydrogens (tertiary/aromatic N) is 4. The van der Waals surface area contributed by atoms with Crippen LogP contribution in [-0.4, -0.2) is 50.9 Å². The molecule has 1 unspecified atom stereocenters. The molecule has 2 aliphatic rings. The normalized spacial score (nSPS) is 19.5. The van der Waals surface area contributed by atoms with Gasteiger partial charge in [-0.1, -0.05) is 24.3 Å². The number of hydrogen-bond donors (Lipinski definition) is 1. The Morgan fingerprint density at radius 3 is 2.71 bits per heavy atom. The Kier molecular flexibility index (Phi) is 5.59. The number of amides is 3. The number of anilines is 1. The van der Waals surface area contributed by atoms with Gasteiger partial charge in [-0.25, -0.2) is 4.98 Å². The zero-order valence-electron chi connectivity index (χ0n) is 19.6. The topological polar surface area (TPSA) is 87.5 Å². The second kappa shape index (κ2) is 8.59. The average Bonchev–Trinajstić information content (AvgIpc) is 3.32. The maximum atomic E-state index is 13.3. The third-order valence-electron chi connectivity index (χ3n) is 7.03. The molecule has 0 aliphatic carbocycles. The standard InChI is InChI=1S/C26H29N5O3/c1-18-28-20-9-4-6-11-22(20)29(18)17-15-27-23(32)12-7-16-30-25(34)19-8-3-5-10-21(19)31-24(33)13-14-26(30,31)2/h3-6,8-11H,7,12-17H2,1-2H3,(H,27,32). The summed E-state index contributed by atoms with van der Waals surface area (Å²) < 4.78 is 2.10. The zero-order chi connectivity index (χ0) is 23.9.